The van der Waals surface area contributed by atoms with Gasteiger partial charge in [-0.15, -0.1) is 0 Å². The third-order valence-electron chi connectivity index (χ3n) is 5.98. The zero-order valence-electron chi connectivity index (χ0n) is 33.5. The largest absolute Gasteiger partial charge is 0.416 e. The highest BCUT2D eigenvalue weighted by atomic mass is 19.4. The average molecular weight is 501 g/mol. The summed E-state index contributed by atoms with van der Waals surface area (Å²) in [6, 6.07) is 6.91. The van der Waals surface area contributed by atoms with Crippen LogP contribution in [0.3, 0.4) is 0 Å². The molecule has 0 radical (unpaired) electrons. The van der Waals surface area contributed by atoms with Gasteiger partial charge in [-0.05, 0) is 97.3 Å². The molecule has 0 N–H and O–H groups in total. The van der Waals surface area contributed by atoms with E-state index in [-0.39, 0.29) is 16.8 Å². The first-order valence-electron chi connectivity index (χ1n) is 18.3. The summed E-state index contributed by atoms with van der Waals surface area (Å²) in [4.78, 5) is 7.33. The summed E-state index contributed by atoms with van der Waals surface area (Å²) < 4.78 is 159. The van der Waals surface area contributed by atoms with Gasteiger partial charge >= 0.3 is 6.18 Å². The molecule has 35 heavy (non-hydrogen) atoms. The van der Waals surface area contributed by atoms with Gasteiger partial charge in [0.1, 0.15) is 6.61 Å². The molecule has 1 saturated heterocycles. The smallest absolute Gasteiger partial charge is 0.391 e. The van der Waals surface area contributed by atoms with Gasteiger partial charge in [-0.3, -0.25) is 4.90 Å². The van der Waals surface area contributed by atoms with Crippen molar-refractivity contribution in [2.45, 2.75) is 84.2 Å². The fraction of sp³-hybridized carbons (Fsp3) is 0.552. The molecular weight excluding hydrogens is 449 g/mol. The van der Waals surface area contributed by atoms with Crippen molar-refractivity contribution >= 4 is 5.71 Å². The van der Waals surface area contributed by atoms with Gasteiger partial charge in [-0.1, -0.05) is 55.9 Å². The first-order chi connectivity index (χ1) is 22.0. The lowest BCUT2D eigenvalue weighted by Crippen LogP contribution is -2.36. The van der Waals surface area contributed by atoms with Crippen molar-refractivity contribution in [1.82, 2.24) is 4.90 Å². The molecule has 190 valence electrons. The van der Waals surface area contributed by atoms with E-state index in [0.29, 0.717) is 30.7 Å². The lowest BCUT2D eigenvalue weighted by atomic mass is 9.78. The maximum Gasteiger partial charge on any atom is 0.416 e. The second-order valence-corrected chi connectivity index (χ2v) is 8.59. The SMILES string of the molecule is [2H]C([2H])([2H])C([2H])([2H])c1cc(/C(C)=N/OCc2ccc(C3C([2H])([2H])C([2H])([2H])C([2H])(C)C([2H])([2H])C3([2H])[2H])c(C(F)(F)F)c2)ccc1CN1CCC1. The van der Waals surface area contributed by atoms with Crippen molar-refractivity contribution in [2.75, 3.05) is 13.1 Å². The third-order valence-corrected chi connectivity index (χ3v) is 5.98. The van der Waals surface area contributed by atoms with Gasteiger partial charge < -0.3 is 4.84 Å². The number of likely N-dealkylation sites (tertiary alicyclic amines) is 1. The molecule has 2 aromatic rings. The molecule has 0 spiro atoms. The van der Waals surface area contributed by atoms with E-state index in [1.165, 1.54) is 13.0 Å². The highest BCUT2D eigenvalue weighted by molar-refractivity contribution is 5.98. The summed E-state index contributed by atoms with van der Waals surface area (Å²) in [7, 11) is 0. The predicted octanol–water partition coefficient (Wildman–Crippen LogP) is 7.71. The van der Waals surface area contributed by atoms with Crippen LogP contribution in [0.5, 0.6) is 0 Å². The molecule has 2 aromatic carbocycles. The number of aryl methyl sites for hydroxylation is 1. The molecule has 1 aliphatic carbocycles. The molecular formula is C29H37F3N2O. The summed E-state index contributed by atoms with van der Waals surface area (Å²) in [5.74, 6) is -5.62. The van der Waals surface area contributed by atoms with Crippen LogP contribution in [0.4, 0.5) is 13.2 Å². The van der Waals surface area contributed by atoms with Gasteiger partial charge in [-0.2, -0.15) is 13.2 Å². The summed E-state index contributed by atoms with van der Waals surface area (Å²) in [5, 5.41) is 3.92. The monoisotopic (exact) mass is 500 g/mol. The minimum atomic E-state index is -5.21. The van der Waals surface area contributed by atoms with E-state index in [4.69, 9.17) is 24.0 Å². The zero-order valence-corrected chi connectivity index (χ0v) is 19.5. The Balaban J connectivity index is 1.67. The van der Waals surface area contributed by atoms with E-state index in [1.807, 2.05) is 4.90 Å². The molecule has 1 aliphatic heterocycles. The van der Waals surface area contributed by atoms with Crippen LogP contribution in [0.25, 0.3) is 0 Å². The molecule has 1 heterocycles. The second kappa shape index (κ2) is 11.2. The van der Waals surface area contributed by atoms with Crippen LogP contribution in [0.15, 0.2) is 41.6 Å². The van der Waals surface area contributed by atoms with Crippen molar-refractivity contribution in [2.24, 2.45) is 11.0 Å². The molecule has 6 heteroatoms. The van der Waals surface area contributed by atoms with Gasteiger partial charge in [0.05, 0.1) is 11.3 Å². The van der Waals surface area contributed by atoms with E-state index < -0.39 is 74.4 Å². The molecule has 0 bridgehead atoms. The molecule has 0 aromatic heterocycles. The van der Waals surface area contributed by atoms with Crippen molar-refractivity contribution in [3.8, 4) is 0 Å². The Morgan fingerprint density at radius 2 is 1.94 bits per heavy atom. The highest BCUT2D eigenvalue weighted by Crippen LogP contribution is 2.42. The van der Waals surface area contributed by atoms with E-state index in [1.54, 1.807) is 12.1 Å². The van der Waals surface area contributed by atoms with E-state index >= 15 is 0 Å². The number of halogens is 3. The number of alkyl halides is 3. The van der Waals surface area contributed by atoms with Crippen LogP contribution in [0, 0.1) is 5.89 Å². The molecule has 1 saturated carbocycles. The minimum Gasteiger partial charge on any atom is -0.391 e. The Morgan fingerprint density at radius 1 is 1.17 bits per heavy atom. The summed E-state index contributed by atoms with van der Waals surface area (Å²) in [5.41, 5.74) is -1.84. The summed E-state index contributed by atoms with van der Waals surface area (Å²) >= 11 is 0. The van der Waals surface area contributed by atoms with Gasteiger partial charge in [-0.25, -0.2) is 0 Å². The van der Waals surface area contributed by atoms with Crippen LogP contribution in [0.1, 0.15) is 111 Å². The van der Waals surface area contributed by atoms with Crippen LogP contribution >= 0.6 is 0 Å². The molecule has 2 fully saturated rings. The van der Waals surface area contributed by atoms with Crippen molar-refractivity contribution in [1.29, 1.82) is 0 Å². The lowest BCUT2D eigenvalue weighted by Gasteiger charge is -2.31. The first kappa shape index (κ1) is 13.3. The number of hydrogen-bond acceptors (Lipinski definition) is 3. The van der Waals surface area contributed by atoms with Crippen LogP contribution < -0.4 is 0 Å². The number of oxime groups is 1. The zero-order chi connectivity index (χ0) is 37.4. The number of rotatable bonds is 8. The van der Waals surface area contributed by atoms with Gasteiger partial charge in [0.25, 0.3) is 0 Å². The topological polar surface area (TPSA) is 24.8 Å². The Kier molecular flexibility index (Phi) is 4.23. The maximum absolute atomic E-state index is 14.4. The quantitative estimate of drug-likeness (QED) is 0.274. The summed E-state index contributed by atoms with van der Waals surface area (Å²) in [6.07, 6.45) is -20.7. The second-order valence-electron chi connectivity index (χ2n) is 8.59. The van der Waals surface area contributed by atoms with Crippen molar-refractivity contribution < 1.29 is 37.2 Å². The number of nitrogens with zero attached hydrogens (tertiary/aromatic N) is 2. The molecule has 0 amide bonds. The van der Waals surface area contributed by atoms with E-state index in [0.717, 1.165) is 31.6 Å². The van der Waals surface area contributed by atoms with Gasteiger partial charge in [0.2, 0.25) is 0 Å². The Hall–Kier alpha value is -2.34. The Morgan fingerprint density at radius 3 is 2.60 bits per heavy atom. The van der Waals surface area contributed by atoms with E-state index in [2.05, 4.69) is 5.16 Å². The van der Waals surface area contributed by atoms with Crippen molar-refractivity contribution in [3.05, 3.63) is 69.8 Å². The third kappa shape index (κ3) is 6.46. The molecule has 0 atom stereocenters. The lowest BCUT2D eigenvalue weighted by molar-refractivity contribution is -0.138. The fourth-order valence-corrected chi connectivity index (χ4v) is 3.87. The molecule has 2 aliphatic rings. The standard InChI is InChI=1S/C29H37F3N2O/c1-4-23-17-25(11-12-26(23)18-34-14-5-15-34)21(3)33-35-19-22-8-13-27(28(16-22)29(30,31)32)24-9-6-20(2)7-10-24/h8,11-13,16-17,20,24H,4-7,9-10,14-15,18-19H2,1-3H3/b33-21+/i1D3,4D2,6D2,7D2,9D2,10D2,20D. The molecule has 0 unspecified atom stereocenters. The van der Waals surface area contributed by atoms with Gasteiger partial charge in [0, 0.05) is 25.7 Å². The summed E-state index contributed by atoms with van der Waals surface area (Å²) in [6.45, 7) is 0.517. The van der Waals surface area contributed by atoms with Crippen LogP contribution in [-0.4, -0.2) is 23.7 Å². The Bertz CT molecular complexity index is 1570. The van der Waals surface area contributed by atoms with Crippen molar-refractivity contribution in [3.63, 3.8) is 0 Å². The average Bonchev–Trinajstić information content (AvgIpc) is 2.93. The molecule has 4 rings (SSSR count). The molecule has 3 nitrogen and oxygen atoms in total. The number of benzene rings is 2. The first-order valence-corrected chi connectivity index (χ1v) is 11.3. The minimum absolute atomic E-state index is 0.0567. The normalized spacial score (nSPS) is 36.1. The van der Waals surface area contributed by atoms with E-state index in [9.17, 15) is 13.2 Å². The Labute approximate surface area is 227 Å². The predicted molar refractivity (Wildman–Crippen MR) is 135 cm³/mol. The van der Waals surface area contributed by atoms with Crippen LogP contribution in [-0.2, 0) is 30.5 Å². The number of hydrogen-bond donors (Lipinski definition) is 0. The van der Waals surface area contributed by atoms with Gasteiger partial charge in [0.15, 0.2) is 0 Å². The maximum atomic E-state index is 14.4. The fourth-order valence-electron chi connectivity index (χ4n) is 3.87. The van der Waals surface area contributed by atoms with Crippen LogP contribution in [0.2, 0.25) is 0 Å². The highest BCUT2D eigenvalue weighted by Gasteiger charge is 2.36.